The molecule has 0 aliphatic heterocycles. The summed E-state index contributed by atoms with van der Waals surface area (Å²) < 4.78 is 32.1. The molecule has 0 saturated heterocycles. The third-order valence-corrected chi connectivity index (χ3v) is 6.70. The van der Waals surface area contributed by atoms with Crippen molar-refractivity contribution in [3.8, 4) is 0 Å². The summed E-state index contributed by atoms with van der Waals surface area (Å²) in [6, 6.07) is 15.4. The van der Waals surface area contributed by atoms with Crippen molar-refractivity contribution in [2.24, 2.45) is 0 Å². The molecule has 0 spiro atoms. The van der Waals surface area contributed by atoms with Crippen molar-refractivity contribution < 1.29 is 12.8 Å². The van der Waals surface area contributed by atoms with Crippen molar-refractivity contribution in [2.75, 3.05) is 5.75 Å². The van der Waals surface area contributed by atoms with Crippen LogP contribution in [-0.4, -0.2) is 29.7 Å². The highest BCUT2D eigenvalue weighted by molar-refractivity contribution is 7.91. The number of oxazole rings is 1. The Bertz CT molecular complexity index is 1080. The van der Waals surface area contributed by atoms with Crippen LogP contribution in [0.4, 0.5) is 0 Å². The molecule has 0 atom stereocenters. The first-order valence-corrected chi connectivity index (χ1v) is 11.0. The predicted molar refractivity (Wildman–Crippen MR) is 110 cm³/mol. The molecule has 1 heterocycles. The molecule has 0 aliphatic rings. The Morgan fingerprint density at radius 3 is 2.48 bits per heavy atom. The average molecular weight is 405 g/mol. The van der Waals surface area contributed by atoms with Crippen LogP contribution in [0.15, 0.2) is 57.8 Å². The van der Waals surface area contributed by atoms with E-state index in [1.807, 2.05) is 22.8 Å². The quantitative estimate of drug-likeness (QED) is 0.538. The van der Waals surface area contributed by atoms with Gasteiger partial charge in [0.05, 0.1) is 22.8 Å². The standard InChI is InChI=1S/C20H24N2O3S2/c1-4-27(23,24)17-10-11-19-18(12-17)22(20(26)25-19)14-21(15(2)3)13-16-8-6-5-7-9-16/h5-12,15H,4,13-14H2,1-3H3. The van der Waals surface area contributed by atoms with Crippen molar-refractivity contribution in [3.05, 3.63) is 58.9 Å². The molecule has 0 aliphatic carbocycles. The third kappa shape index (κ3) is 4.31. The number of nitrogens with zero attached hydrogens (tertiary/aromatic N) is 2. The molecule has 2 aromatic carbocycles. The van der Waals surface area contributed by atoms with Crippen LogP contribution in [0.5, 0.6) is 0 Å². The second kappa shape index (κ2) is 7.96. The van der Waals surface area contributed by atoms with Crippen LogP contribution in [0.1, 0.15) is 26.3 Å². The van der Waals surface area contributed by atoms with E-state index in [1.54, 1.807) is 25.1 Å². The zero-order chi connectivity index (χ0) is 19.6. The summed E-state index contributed by atoms with van der Waals surface area (Å²) in [7, 11) is -3.29. The van der Waals surface area contributed by atoms with E-state index in [-0.39, 0.29) is 11.8 Å². The number of aromatic nitrogens is 1. The summed E-state index contributed by atoms with van der Waals surface area (Å²) in [4.78, 5) is 2.90. The van der Waals surface area contributed by atoms with E-state index in [2.05, 4.69) is 30.9 Å². The number of benzene rings is 2. The summed E-state index contributed by atoms with van der Waals surface area (Å²) in [6.07, 6.45) is 0. The largest absolute Gasteiger partial charge is 0.429 e. The summed E-state index contributed by atoms with van der Waals surface area (Å²) in [5.74, 6) is 0.0587. The molecule has 0 saturated carbocycles. The summed E-state index contributed by atoms with van der Waals surface area (Å²) >= 11 is 5.41. The zero-order valence-electron chi connectivity index (χ0n) is 15.8. The molecule has 0 N–H and O–H groups in total. The van der Waals surface area contributed by atoms with E-state index < -0.39 is 9.84 Å². The fourth-order valence-electron chi connectivity index (χ4n) is 2.93. The lowest BCUT2D eigenvalue weighted by atomic mass is 10.2. The normalized spacial score (nSPS) is 12.3. The van der Waals surface area contributed by atoms with E-state index >= 15 is 0 Å². The number of fused-ring (bicyclic) bond motifs is 1. The predicted octanol–water partition coefficient (Wildman–Crippen LogP) is 4.63. The third-order valence-electron chi connectivity index (χ3n) is 4.66. The van der Waals surface area contributed by atoms with Gasteiger partial charge in [-0.25, -0.2) is 8.42 Å². The number of hydrogen-bond acceptors (Lipinski definition) is 5. The van der Waals surface area contributed by atoms with Crippen LogP contribution in [0.2, 0.25) is 0 Å². The zero-order valence-corrected chi connectivity index (χ0v) is 17.4. The topological polar surface area (TPSA) is 55.5 Å². The summed E-state index contributed by atoms with van der Waals surface area (Å²) in [6.45, 7) is 7.18. The van der Waals surface area contributed by atoms with Gasteiger partial charge in [-0.2, -0.15) is 0 Å². The second-order valence-electron chi connectivity index (χ2n) is 6.80. The highest BCUT2D eigenvalue weighted by Gasteiger charge is 2.18. The highest BCUT2D eigenvalue weighted by atomic mass is 32.2. The molecule has 0 amide bonds. The van der Waals surface area contributed by atoms with Gasteiger partial charge >= 0.3 is 0 Å². The second-order valence-corrected chi connectivity index (χ2v) is 9.42. The average Bonchev–Trinajstić information content (AvgIpc) is 2.96. The van der Waals surface area contributed by atoms with Gasteiger partial charge in [0, 0.05) is 12.6 Å². The Morgan fingerprint density at radius 1 is 1.15 bits per heavy atom. The van der Waals surface area contributed by atoms with Gasteiger partial charge in [0.2, 0.25) is 0 Å². The van der Waals surface area contributed by atoms with E-state index in [1.165, 1.54) is 5.56 Å². The van der Waals surface area contributed by atoms with Gasteiger partial charge in [-0.1, -0.05) is 37.3 Å². The van der Waals surface area contributed by atoms with Crippen LogP contribution in [-0.2, 0) is 23.1 Å². The molecular formula is C20H24N2O3S2. The molecular weight excluding hydrogens is 380 g/mol. The lowest BCUT2D eigenvalue weighted by Crippen LogP contribution is -2.32. The lowest BCUT2D eigenvalue weighted by molar-refractivity contribution is 0.162. The Kier molecular flexibility index (Phi) is 5.83. The van der Waals surface area contributed by atoms with Crippen LogP contribution in [0, 0.1) is 4.84 Å². The van der Waals surface area contributed by atoms with E-state index in [0.717, 1.165) is 6.54 Å². The fraction of sp³-hybridized carbons (Fsp3) is 0.350. The number of rotatable bonds is 7. The molecule has 0 radical (unpaired) electrons. The monoisotopic (exact) mass is 404 g/mol. The van der Waals surface area contributed by atoms with Gasteiger partial charge in [-0.15, -0.1) is 0 Å². The van der Waals surface area contributed by atoms with Crippen molar-refractivity contribution in [3.63, 3.8) is 0 Å². The molecule has 5 nitrogen and oxygen atoms in total. The molecule has 0 fully saturated rings. The first-order chi connectivity index (χ1) is 12.8. The first kappa shape index (κ1) is 19.8. The minimum Gasteiger partial charge on any atom is -0.429 e. The molecule has 0 unspecified atom stereocenters. The first-order valence-electron chi connectivity index (χ1n) is 8.96. The van der Waals surface area contributed by atoms with Gasteiger partial charge < -0.3 is 4.42 Å². The summed E-state index contributed by atoms with van der Waals surface area (Å²) in [5, 5.41) is 0. The lowest BCUT2D eigenvalue weighted by Gasteiger charge is -2.27. The number of sulfone groups is 1. The van der Waals surface area contributed by atoms with Crippen LogP contribution >= 0.6 is 12.2 Å². The van der Waals surface area contributed by atoms with Gasteiger partial charge in [0.25, 0.3) is 4.84 Å². The molecule has 27 heavy (non-hydrogen) atoms. The van der Waals surface area contributed by atoms with Crippen molar-refractivity contribution >= 4 is 33.2 Å². The maximum absolute atomic E-state index is 12.3. The van der Waals surface area contributed by atoms with Crippen molar-refractivity contribution in [2.45, 2.75) is 44.9 Å². The van der Waals surface area contributed by atoms with Crippen LogP contribution < -0.4 is 0 Å². The van der Waals surface area contributed by atoms with E-state index in [9.17, 15) is 8.42 Å². The maximum Gasteiger partial charge on any atom is 0.270 e. The van der Waals surface area contributed by atoms with Crippen molar-refractivity contribution in [1.29, 1.82) is 0 Å². The Hall–Kier alpha value is -1.96. The smallest absolute Gasteiger partial charge is 0.270 e. The minimum atomic E-state index is -3.29. The van der Waals surface area contributed by atoms with Crippen LogP contribution in [0.25, 0.3) is 11.1 Å². The van der Waals surface area contributed by atoms with E-state index in [0.29, 0.717) is 27.5 Å². The van der Waals surface area contributed by atoms with Gasteiger partial charge in [0.15, 0.2) is 15.4 Å². The van der Waals surface area contributed by atoms with Crippen LogP contribution in [0.3, 0.4) is 0 Å². The molecule has 3 rings (SSSR count). The fourth-order valence-corrected chi connectivity index (χ4v) is 4.08. The van der Waals surface area contributed by atoms with Gasteiger partial charge in [-0.3, -0.25) is 9.47 Å². The SMILES string of the molecule is CCS(=O)(=O)c1ccc2oc(=S)n(CN(Cc3ccccc3)C(C)C)c2c1. The Balaban J connectivity index is 2.00. The summed E-state index contributed by atoms with van der Waals surface area (Å²) in [5.41, 5.74) is 2.51. The molecule has 3 aromatic rings. The minimum absolute atomic E-state index is 0.0587. The van der Waals surface area contributed by atoms with Gasteiger partial charge in [-0.05, 0) is 49.8 Å². The maximum atomic E-state index is 12.3. The Labute approximate surface area is 165 Å². The number of hydrogen-bond donors (Lipinski definition) is 0. The van der Waals surface area contributed by atoms with Crippen molar-refractivity contribution in [1.82, 2.24) is 9.47 Å². The molecule has 0 bridgehead atoms. The highest BCUT2D eigenvalue weighted by Crippen LogP contribution is 2.23. The van der Waals surface area contributed by atoms with E-state index in [4.69, 9.17) is 16.6 Å². The molecule has 144 valence electrons. The Morgan fingerprint density at radius 2 is 1.85 bits per heavy atom. The molecule has 7 heteroatoms. The molecule has 1 aromatic heterocycles. The van der Waals surface area contributed by atoms with Gasteiger partial charge in [0.1, 0.15) is 0 Å².